The molecule has 4 aliphatic heterocycles. The molecule has 4 saturated heterocycles. The first-order chi connectivity index (χ1) is 25.0. The number of aromatic hydroxyl groups is 1. The van der Waals surface area contributed by atoms with E-state index in [2.05, 4.69) is 21.1 Å². The first-order valence-electron chi connectivity index (χ1n) is 17.6. The summed E-state index contributed by atoms with van der Waals surface area (Å²) < 4.78 is 87.1. The topological polar surface area (TPSA) is 83.0 Å². The number of nitrogens with zero attached hydrogens (tertiary/aromatic N) is 4. The Morgan fingerprint density at radius 3 is 2.44 bits per heavy atom. The first kappa shape index (κ1) is 33.9. The van der Waals surface area contributed by atoms with Crippen molar-refractivity contribution in [3.05, 3.63) is 47.5 Å². The molecule has 52 heavy (non-hydrogen) atoms. The third-order valence-corrected chi connectivity index (χ3v) is 12.2. The molecule has 1 aliphatic carbocycles. The van der Waals surface area contributed by atoms with Gasteiger partial charge in [-0.3, -0.25) is 0 Å². The van der Waals surface area contributed by atoms with E-state index in [0.29, 0.717) is 37.4 Å². The molecule has 0 radical (unpaired) electrons. The third kappa shape index (κ3) is 6.19. The Labute approximate surface area is 301 Å². The molecule has 3 aromatic carbocycles. The highest BCUT2D eigenvalue weighted by Crippen LogP contribution is 2.50. The number of anilines is 1. The number of rotatable bonds is 8. The van der Waals surface area contributed by atoms with Gasteiger partial charge in [-0.25, -0.2) is 8.78 Å². The molecule has 4 aromatic rings. The number of fused-ring (bicyclic) bond motifs is 5. The van der Waals surface area contributed by atoms with Gasteiger partial charge in [-0.05, 0) is 72.7 Å². The van der Waals surface area contributed by atoms with Gasteiger partial charge in [0.15, 0.2) is 5.82 Å². The number of phenolic OH excluding ortho intramolecular Hbond substituents is 1. The van der Waals surface area contributed by atoms with Crippen LogP contribution in [0.3, 0.4) is 0 Å². The molecule has 2 N–H and O–H groups in total. The van der Waals surface area contributed by atoms with Crippen LogP contribution in [-0.4, -0.2) is 90.1 Å². The summed E-state index contributed by atoms with van der Waals surface area (Å²) in [6.45, 7) is 5.77. The van der Waals surface area contributed by atoms with Crippen LogP contribution in [0.25, 0.3) is 32.8 Å². The lowest BCUT2D eigenvalue weighted by molar-refractivity contribution is -0.0328. The summed E-state index contributed by atoms with van der Waals surface area (Å²) in [6.07, 6.45) is 9.48. The highest BCUT2D eigenvalue weighted by molar-refractivity contribution is 8.00. The maximum absolute atomic E-state index is 17.3. The zero-order valence-electron chi connectivity index (χ0n) is 28.1. The molecular weight excluding hydrogens is 702 g/mol. The normalized spacial score (nSPS) is 25.2. The average Bonchev–Trinajstić information content (AvgIpc) is 3.33. The summed E-state index contributed by atoms with van der Waals surface area (Å²) in [7, 11) is 0. The van der Waals surface area contributed by atoms with Crippen molar-refractivity contribution in [3.63, 3.8) is 0 Å². The first-order valence-corrected chi connectivity index (χ1v) is 18.4. The SMILES string of the molecule is C#Cc1c(F)ccc2cc(O)cc(-c3c(SC(F)(F)F)cc4c(N5CC6CCC(C5)N6)nc(OCC5(CN6C[C@H]7COC[C@@H]7C6)CC5)nc4c3F)c12. The minimum absolute atomic E-state index is 0.000276. The number of terminal acetylenes is 1. The molecule has 2 unspecified atom stereocenters. The van der Waals surface area contributed by atoms with E-state index >= 15 is 8.78 Å². The second-order valence-corrected chi connectivity index (χ2v) is 16.2. The fraction of sp³-hybridized carbons (Fsp3) is 0.474. The summed E-state index contributed by atoms with van der Waals surface area (Å²) in [5.74, 6) is 1.41. The summed E-state index contributed by atoms with van der Waals surface area (Å²) in [6, 6.07) is 6.33. The monoisotopic (exact) mass is 737 g/mol. The number of benzene rings is 3. The van der Waals surface area contributed by atoms with Gasteiger partial charge in [0.2, 0.25) is 0 Å². The van der Waals surface area contributed by atoms with Crippen LogP contribution in [0, 0.1) is 41.2 Å². The molecule has 8 nitrogen and oxygen atoms in total. The lowest BCUT2D eigenvalue weighted by Crippen LogP contribution is -2.51. The Bertz CT molecular complexity index is 2120. The van der Waals surface area contributed by atoms with Crippen LogP contribution in [0.1, 0.15) is 31.2 Å². The van der Waals surface area contributed by atoms with Crippen LogP contribution in [0.2, 0.25) is 0 Å². The van der Waals surface area contributed by atoms with E-state index in [1.54, 1.807) is 0 Å². The Morgan fingerprint density at radius 2 is 1.77 bits per heavy atom. The van der Waals surface area contributed by atoms with Gasteiger partial charge < -0.3 is 29.7 Å². The Balaban J connectivity index is 1.18. The molecule has 14 heteroatoms. The molecular formula is C38H36F5N5O3S. The molecule has 4 atom stereocenters. The number of thioether (sulfide) groups is 1. The highest BCUT2D eigenvalue weighted by atomic mass is 32.2. The predicted molar refractivity (Wildman–Crippen MR) is 187 cm³/mol. The smallest absolute Gasteiger partial charge is 0.446 e. The summed E-state index contributed by atoms with van der Waals surface area (Å²) in [5, 5.41) is 14.6. The van der Waals surface area contributed by atoms with Crippen LogP contribution < -0.4 is 15.0 Å². The van der Waals surface area contributed by atoms with E-state index in [4.69, 9.17) is 20.9 Å². The van der Waals surface area contributed by atoms with Crippen molar-refractivity contribution in [1.82, 2.24) is 20.2 Å². The number of ether oxygens (including phenoxy) is 2. The van der Waals surface area contributed by atoms with Gasteiger partial charge in [0, 0.05) is 83.3 Å². The zero-order valence-corrected chi connectivity index (χ0v) is 28.9. The number of hydrogen-bond donors (Lipinski definition) is 2. The number of hydrogen-bond acceptors (Lipinski definition) is 9. The molecule has 5 aliphatic rings. The van der Waals surface area contributed by atoms with Crippen molar-refractivity contribution in [2.24, 2.45) is 17.3 Å². The lowest BCUT2D eigenvalue weighted by Gasteiger charge is -2.34. The van der Waals surface area contributed by atoms with Gasteiger partial charge >= 0.3 is 11.5 Å². The summed E-state index contributed by atoms with van der Waals surface area (Å²) in [5.41, 5.74) is -6.11. The van der Waals surface area contributed by atoms with Gasteiger partial charge in [0.05, 0.1) is 25.4 Å². The summed E-state index contributed by atoms with van der Waals surface area (Å²) in [4.78, 5) is 13.3. The van der Waals surface area contributed by atoms with Gasteiger partial charge in [-0.1, -0.05) is 12.0 Å². The molecule has 5 heterocycles. The van der Waals surface area contributed by atoms with E-state index in [0.717, 1.165) is 70.7 Å². The Hall–Kier alpha value is -3.90. The molecule has 9 rings (SSSR count). The van der Waals surface area contributed by atoms with Gasteiger partial charge in [0.25, 0.3) is 0 Å². The van der Waals surface area contributed by atoms with E-state index in [-0.39, 0.29) is 62.1 Å². The van der Waals surface area contributed by atoms with E-state index in [1.165, 1.54) is 18.2 Å². The lowest BCUT2D eigenvalue weighted by atomic mass is 9.93. The number of likely N-dealkylation sites (tertiary alicyclic amines) is 1. The zero-order chi connectivity index (χ0) is 35.9. The summed E-state index contributed by atoms with van der Waals surface area (Å²) >= 11 is -0.498. The number of phenols is 1. The minimum atomic E-state index is -4.82. The van der Waals surface area contributed by atoms with Gasteiger partial charge in [0.1, 0.15) is 22.9 Å². The number of piperazine rings is 1. The van der Waals surface area contributed by atoms with Crippen LogP contribution in [0.5, 0.6) is 11.8 Å². The van der Waals surface area contributed by atoms with Crippen molar-refractivity contribution < 1.29 is 36.5 Å². The second-order valence-electron chi connectivity index (χ2n) is 15.1. The van der Waals surface area contributed by atoms with Crippen molar-refractivity contribution in [2.45, 2.75) is 48.2 Å². The Morgan fingerprint density at radius 1 is 1.04 bits per heavy atom. The Kier molecular flexibility index (Phi) is 8.22. The molecule has 0 amide bonds. The van der Waals surface area contributed by atoms with Crippen molar-refractivity contribution >= 4 is 39.3 Å². The van der Waals surface area contributed by atoms with Crippen LogP contribution in [-0.2, 0) is 4.74 Å². The maximum atomic E-state index is 17.3. The molecule has 272 valence electrons. The van der Waals surface area contributed by atoms with Gasteiger partial charge in [-0.15, -0.1) is 6.42 Å². The van der Waals surface area contributed by atoms with E-state index < -0.39 is 39.4 Å². The number of nitrogens with one attached hydrogen (secondary N) is 1. The van der Waals surface area contributed by atoms with Gasteiger partial charge in [-0.2, -0.15) is 23.1 Å². The van der Waals surface area contributed by atoms with Crippen LogP contribution in [0.4, 0.5) is 27.8 Å². The number of alkyl halides is 3. The molecule has 1 saturated carbocycles. The standard InChI is InChI=1S/C38H36F5N5O3S/c1-2-26-29(39)6-3-20-9-25(49)10-27(31(20)26)32-30(52-38(41,42)43)11-28-34(33(32)40)45-36(46-35(28)48-14-23-4-5-24(15-48)44-23)51-19-37(7-8-37)18-47-12-21-16-50-17-22(21)13-47/h1,3,6,9-11,21-24,44,49H,4-5,7-8,12-19H2/t21-,22-,23?,24?/m0/s1. The molecule has 5 fully saturated rings. The van der Waals surface area contributed by atoms with Crippen LogP contribution in [0.15, 0.2) is 35.2 Å². The quantitative estimate of drug-likeness (QED) is 0.117. The third-order valence-electron chi connectivity index (χ3n) is 11.4. The molecule has 2 bridgehead atoms. The molecule has 1 aromatic heterocycles. The second kappa shape index (κ2) is 12.6. The highest BCUT2D eigenvalue weighted by Gasteiger charge is 2.48. The fourth-order valence-corrected chi connectivity index (χ4v) is 9.52. The van der Waals surface area contributed by atoms with E-state index in [9.17, 15) is 18.3 Å². The maximum Gasteiger partial charge on any atom is 0.446 e. The number of halogens is 5. The van der Waals surface area contributed by atoms with E-state index in [1.807, 2.05) is 4.90 Å². The minimum Gasteiger partial charge on any atom is -0.508 e. The number of aromatic nitrogens is 2. The van der Waals surface area contributed by atoms with Crippen molar-refractivity contribution in [2.75, 3.05) is 57.4 Å². The fourth-order valence-electron chi connectivity index (χ4n) is 8.79. The van der Waals surface area contributed by atoms with Crippen molar-refractivity contribution in [1.29, 1.82) is 0 Å². The van der Waals surface area contributed by atoms with Crippen LogP contribution >= 0.6 is 11.8 Å². The largest absolute Gasteiger partial charge is 0.508 e. The average molecular weight is 738 g/mol. The van der Waals surface area contributed by atoms with Crippen molar-refractivity contribution in [3.8, 4) is 35.2 Å². The predicted octanol–water partition coefficient (Wildman–Crippen LogP) is 6.70. The molecule has 0 spiro atoms.